The molecule has 7 heteroatoms. The first kappa shape index (κ1) is 16.9. The Kier molecular flexibility index (Phi) is 5.21. The lowest BCUT2D eigenvalue weighted by atomic mass is 10.1. The summed E-state index contributed by atoms with van der Waals surface area (Å²) in [5, 5.41) is 11.9. The van der Waals surface area contributed by atoms with E-state index >= 15 is 0 Å². The van der Waals surface area contributed by atoms with Gasteiger partial charge in [-0.3, -0.25) is 4.79 Å². The third-order valence-corrected chi connectivity index (χ3v) is 3.89. The minimum absolute atomic E-state index is 0.0528. The third kappa shape index (κ3) is 4.11. The average Bonchev–Trinajstić information content (AvgIpc) is 2.67. The molecule has 0 radical (unpaired) electrons. The van der Waals surface area contributed by atoms with Crippen LogP contribution in [0, 0.1) is 17.1 Å². The number of rotatable bonds is 4. The first-order valence-corrected chi connectivity index (χ1v) is 7.94. The molecule has 3 rings (SSSR count). The van der Waals surface area contributed by atoms with Crippen LogP contribution in [-0.2, 0) is 11.3 Å². The van der Waals surface area contributed by atoms with Crippen LogP contribution in [0.5, 0.6) is 0 Å². The van der Waals surface area contributed by atoms with Gasteiger partial charge in [0, 0.05) is 18.8 Å². The van der Waals surface area contributed by atoms with E-state index < -0.39 is 5.82 Å². The predicted octanol–water partition coefficient (Wildman–Crippen LogP) is 2.18. The molecule has 1 aromatic carbocycles. The minimum Gasteiger partial charge on any atom is -0.379 e. The molecule has 1 N–H and O–H groups in total. The Bertz CT molecular complexity index is 813. The Hall–Kier alpha value is -2.98. The maximum atomic E-state index is 14.3. The predicted molar refractivity (Wildman–Crippen MR) is 89.4 cm³/mol. The summed E-state index contributed by atoms with van der Waals surface area (Å²) in [6, 6.07) is 11.5. The number of carbonyl (C=O) groups is 1. The molecule has 1 amide bonds. The fourth-order valence-corrected chi connectivity index (χ4v) is 2.57. The molecule has 1 aliphatic heterocycles. The van der Waals surface area contributed by atoms with Crippen LogP contribution in [0.2, 0.25) is 0 Å². The molecular weight excluding hydrogens is 323 g/mol. The second kappa shape index (κ2) is 7.73. The van der Waals surface area contributed by atoms with Gasteiger partial charge in [-0.15, -0.1) is 0 Å². The number of anilines is 1. The SMILES string of the molecule is N#Cc1cccc(CNc2ccc(C(=O)N3CCOCC3)c(F)c2)n1. The quantitative estimate of drug-likeness (QED) is 0.923. The van der Waals surface area contributed by atoms with E-state index in [1.54, 1.807) is 29.2 Å². The van der Waals surface area contributed by atoms with E-state index in [0.717, 1.165) is 0 Å². The molecule has 1 aromatic heterocycles. The van der Waals surface area contributed by atoms with Crippen molar-refractivity contribution in [2.24, 2.45) is 0 Å². The summed E-state index contributed by atoms with van der Waals surface area (Å²) in [7, 11) is 0. The number of nitriles is 1. The van der Waals surface area contributed by atoms with E-state index in [-0.39, 0.29) is 11.5 Å². The molecule has 1 fully saturated rings. The first-order valence-electron chi connectivity index (χ1n) is 7.94. The summed E-state index contributed by atoms with van der Waals surface area (Å²) in [5.74, 6) is -0.893. The molecule has 0 spiro atoms. The van der Waals surface area contributed by atoms with Crippen molar-refractivity contribution in [2.75, 3.05) is 31.6 Å². The summed E-state index contributed by atoms with van der Waals surface area (Å²) in [6.45, 7) is 2.24. The van der Waals surface area contributed by atoms with Crippen molar-refractivity contribution in [1.29, 1.82) is 5.26 Å². The van der Waals surface area contributed by atoms with Gasteiger partial charge in [0.15, 0.2) is 0 Å². The Labute approximate surface area is 144 Å². The van der Waals surface area contributed by atoms with Crippen LogP contribution in [-0.4, -0.2) is 42.1 Å². The summed E-state index contributed by atoms with van der Waals surface area (Å²) >= 11 is 0. The lowest BCUT2D eigenvalue weighted by Gasteiger charge is -2.27. The number of nitrogens with zero attached hydrogens (tertiary/aromatic N) is 3. The maximum Gasteiger partial charge on any atom is 0.256 e. The molecule has 2 aromatic rings. The topological polar surface area (TPSA) is 78.2 Å². The van der Waals surface area contributed by atoms with Gasteiger partial charge in [-0.1, -0.05) is 6.07 Å². The highest BCUT2D eigenvalue weighted by molar-refractivity contribution is 5.95. The van der Waals surface area contributed by atoms with Crippen LogP contribution in [0.4, 0.5) is 10.1 Å². The third-order valence-electron chi connectivity index (χ3n) is 3.89. The zero-order valence-electron chi connectivity index (χ0n) is 13.5. The van der Waals surface area contributed by atoms with Crippen LogP contribution < -0.4 is 5.32 Å². The maximum absolute atomic E-state index is 14.3. The molecular formula is C18H17FN4O2. The van der Waals surface area contributed by atoms with Crippen LogP contribution in [0.25, 0.3) is 0 Å². The number of benzene rings is 1. The van der Waals surface area contributed by atoms with Gasteiger partial charge in [-0.25, -0.2) is 9.37 Å². The molecule has 6 nitrogen and oxygen atoms in total. The second-order valence-corrected chi connectivity index (χ2v) is 5.58. The number of carbonyl (C=O) groups excluding carboxylic acids is 1. The molecule has 25 heavy (non-hydrogen) atoms. The normalized spacial score (nSPS) is 14.0. The molecule has 0 bridgehead atoms. The summed E-state index contributed by atoms with van der Waals surface area (Å²) in [4.78, 5) is 18.1. The molecule has 0 saturated carbocycles. The molecule has 1 aliphatic rings. The molecule has 2 heterocycles. The van der Waals surface area contributed by atoms with E-state index in [1.165, 1.54) is 12.1 Å². The van der Waals surface area contributed by atoms with Crippen molar-refractivity contribution in [3.63, 3.8) is 0 Å². The smallest absolute Gasteiger partial charge is 0.256 e. The van der Waals surface area contributed by atoms with E-state index in [4.69, 9.17) is 10.00 Å². The Balaban J connectivity index is 1.67. The van der Waals surface area contributed by atoms with Crippen molar-refractivity contribution >= 4 is 11.6 Å². The molecule has 128 valence electrons. The van der Waals surface area contributed by atoms with Crippen LogP contribution in [0.15, 0.2) is 36.4 Å². The minimum atomic E-state index is -0.569. The highest BCUT2D eigenvalue weighted by Gasteiger charge is 2.21. The number of hydrogen-bond acceptors (Lipinski definition) is 5. The van der Waals surface area contributed by atoms with Crippen molar-refractivity contribution < 1.29 is 13.9 Å². The van der Waals surface area contributed by atoms with Gasteiger partial charge in [0.2, 0.25) is 0 Å². The van der Waals surface area contributed by atoms with Crippen molar-refractivity contribution in [3.8, 4) is 6.07 Å². The highest BCUT2D eigenvalue weighted by Crippen LogP contribution is 2.17. The zero-order valence-corrected chi connectivity index (χ0v) is 13.5. The van der Waals surface area contributed by atoms with E-state index in [2.05, 4.69) is 10.3 Å². The Morgan fingerprint density at radius 2 is 2.12 bits per heavy atom. The molecule has 0 aliphatic carbocycles. The number of nitrogens with one attached hydrogen (secondary N) is 1. The fraction of sp³-hybridized carbons (Fsp3) is 0.278. The Morgan fingerprint density at radius 1 is 1.32 bits per heavy atom. The lowest BCUT2D eigenvalue weighted by Crippen LogP contribution is -2.41. The van der Waals surface area contributed by atoms with Crippen molar-refractivity contribution in [1.82, 2.24) is 9.88 Å². The first-order chi connectivity index (χ1) is 12.2. The number of hydrogen-bond donors (Lipinski definition) is 1. The lowest BCUT2D eigenvalue weighted by molar-refractivity contribution is 0.0300. The average molecular weight is 340 g/mol. The number of aromatic nitrogens is 1. The number of halogens is 1. The monoisotopic (exact) mass is 340 g/mol. The molecule has 1 saturated heterocycles. The summed E-state index contributed by atoms with van der Waals surface area (Å²) in [6.07, 6.45) is 0. The van der Waals surface area contributed by atoms with Crippen LogP contribution in [0.1, 0.15) is 21.7 Å². The fourth-order valence-electron chi connectivity index (χ4n) is 2.57. The number of ether oxygens (including phenoxy) is 1. The second-order valence-electron chi connectivity index (χ2n) is 5.58. The zero-order chi connectivity index (χ0) is 17.6. The van der Waals surface area contributed by atoms with Gasteiger partial charge in [-0.05, 0) is 30.3 Å². The van der Waals surface area contributed by atoms with Gasteiger partial charge in [-0.2, -0.15) is 5.26 Å². The number of morpholine rings is 1. The standard InChI is InChI=1S/C18H17FN4O2/c19-17-10-13(21-12-15-3-1-2-14(11-20)22-15)4-5-16(17)18(24)23-6-8-25-9-7-23/h1-5,10,21H,6-9,12H2. The van der Waals surface area contributed by atoms with Crippen molar-refractivity contribution in [3.05, 3.63) is 59.2 Å². The number of amides is 1. The van der Waals surface area contributed by atoms with Gasteiger partial charge in [0.05, 0.1) is 31.0 Å². The largest absolute Gasteiger partial charge is 0.379 e. The van der Waals surface area contributed by atoms with Crippen molar-refractivity contribution in [2.45, 2.75) is 6.54 Å². The number of pyridine rings is 1. The van der Waals surface area contributed by atoms with Crippen LogP contribution in [0.3, 0.4) is 0 Å². The van der Waals surface area contributed by atoms with Gasteiger partial charge < -0.3 is 15.0 Å². The van der Waals surface area contributed by atoms with Crippen LogP contribution >= 0.6 is 0 Å². The molecule has 0 unspecified atom stereocenters. The van der Waals surface area contributed by atoms with E-state index in [1.807, 2.05) is 6.07 Å². The highest BCUT2D eigenvalue weighted by atomic mass is 19.1. The van der Waals surface area contributed by atoms with E-state index in [0.29, 0.717) is 49.9 Å². The summed E-state index contributed by atoms with van der Waals surface area (Å²) < 4.78 is 19.5. The Morgan fingerprint density at radius 3 is 2.84 bits per heavy atom. The van der Waals surface area contributed by atoms with E-state index in [9.17, 15) is 9.18 Å². The molecule has 0 atom stereocenters. The summed E-state index contributed by atoms with van der Waals surface area (Å²) in [5.41, 5.74) is 1.60. The van der Waals surface area contributed by atoms with Gasteiger partial charge in [0.25, 0.3) is 5.91 Å². The van der Waals surface area contributed by atoms with Gasteiger partial charge >= 0.3 is 0 Å². The van der Waals surface area contributed by atoms with Gasteiger partial charge in [0.1, 0.15) is 17.6 Å².